The van der Waals surface area contributed by atoms with Gasteiger partial charge in [0.1, 0.15) is 12.1 Å². The van der Waals surface area contributed by atoms with Gasteiger partial charge in [-0.05, 0) is 44.4 Å². The molecule has 118 valence electrons. The van der Waals surface area contributed by atoms with Crippen LogP contribution >= 0.6 is 0 Å². The van der Waals surface area contributed by atoms with Crippen LogP contribution in [-0.2, 0) is 9.59 Å². The van der Waals surface area contributed by atoms with Gasteiger partial charge in [-0.15, -0.1) is 0 Å². The van der Waals surface area contributed by atoms with Crippen molar-refractivity contribution in [3.8, 4) is 0 Å². The first kappa shape index (κ1) is 14.9. The number of carbonyl (C=O) groups excluding carboxylic acids is 2. The number of piperazine rings is 1. The molecular weight excluding hydrogens is 264 g/mol. The zero-order chi connectivity index (χ0) is 14.8. The van der Waals surface area contributed by atoms with E-state index in [1.807, 2.05) is 11.8 Å². The molecular formula is C17H28N2O2. The summed E-state index contributed by atoms with van der Waals surface area (Å²) in [5.74, 6) is 1.21. The molecule has 0 spiro atoms. The third-order valence-electron chi connectivity index (χ3n) is 5.64. The molecule has 0 radical (unpaired) electrons. The van der Waals surface area contributed by atoms with Crippen molar-refractivity contribution in [3.63, 3.8) is 0 Å². The van der Waals surface area contributed by atoms with Crippen molar-refractivity contribution in [1.82, 2.24) is 10.2 Å². The maximum absolute atomic E-state index is 12.6. The van der Waals surface area contributed by atoms with Crippen LogP contribution in [0.3, 0.4) is 0 Å². The molecule has 1 aliphatic heterocycles. The summed E-state index contributed by atoms with van der Waals surface area (Å²) in [6.07, 6.45) is 10.9. The van der Waals surface area contributed by atoms with E-state index in [1.54, 1.807) is 0 Å². The van der Waals surface area contributed by atoms with Crippen molar-refractivity contribution in [2.24, 2.45) is 11.8 Å². The van der Waals surface area contributed by atoms with Gasteiger partial charge in [-0.25, -0.2) is 0 Å². The maximum Gasteiger partial charge on any atom is 0.245 e. The number of hydrogen-bond donors (Lipinski definition) is 1. The molecule has 0 aromatic rings. The van der Waals surface area contributed by atoms with Gasteiger partial charge in [-0.3, -0.25) is 9.59 Å². The maximum atomic E-state index is 12.6. The molecule has 2 atom stereocenters. The Morgan fingerprint density at radius 2 is 1.62 bits per heavy atom. The lowest BCUT2D eigenvalue weighted by atomic mass is 9.81. The molecule has 1 N–H and O–H groups in total. The van der Waals surface area contributed by atoms with Crippen LogP contribution in [-0.4, -0.2) is 35.3 Å². The summed E-state index contributed by atoms with van der Waals surface area (Å²) >= 11 is 0. The minimum Gasteiger partial charge on any atom is -0.343 e. The van der Waals surface area contributed by atoms with Crippen molar-refractivity contribution < 1.29 is 9.59 Å². The quantitative estimate of drug-likeness (QED) is 0.868. The Bertz CT molecular complexity index is 398. The second-order valence-electron chi connectivity index (χ2n) is 7.21. The number of amides is 2. The van der Waals surface area contributed by atoms with Gasteiger partial charge in [0.15, 0.2) is 0 Å². The second-order valence-corrected chi connectivity index (χ2v) is 7.21. The van der Waals surface area contributed by atoms with Crippen molar-refractivity contribution >= 4 is 11.8 Å². The highest BCUT2D eigenvalue weighted by atomic mass is 16.2. The topological polar surface area (TPSA) is 49.4 Å². The number of nitrogens with one attached hydrogen (secondary N) is 1. The summed E-state index contributed by atoms with van der Waals surface area (Å²) in [6.45, 7) is 2.62. The van der Waals surface area contributed by atoms with Gasteiger partial charge in [0.2, 0.25) is 11.8 Å². The molecule has 1 saturated heterocycles. The van der Waals surface area contributed by atoms with Crippen LogP contribution < -0.4 is 5.32 Å². The van der Waals surface area contributed by atoms with Gasteiger partial charge in [0.25, 0.3) is 0 Å². The summed E-state index contributed by atoms with van der Waals surface area (Å²) in [5.41, 5.74) is 0. The van der Waals surface area contributed by atoms with E-state index < -0.39 is 0 Å². The number of nitrogens with zero attached hydrogens (tertiary/aromatic N) is 1. The molecule has 3 fully saturated rings. The summed E-state index contributed by atoms with van der Waals surface area (Å²) in [7, 11) is 0. The first-order valence-corrected chi connectivity index (χ1v) is 8.77. The van der Waals surface area contributed by atoms with Gasteiger partial charge in [-0.2, -0.15) is 0 Å². The van der Waals surface area contributed by atoms with Crippen LogP contribution in [0.15, 0.2) is 0 Å². The van der Waals surface area contributed by atoms with Crippen LogP contribution in [0.4, 0.5) is 0 Å². The molecule has 0 aromatic carbocycles. The molecule has 21 heavy (non-hydrogen) atoms. The van der Waals surface area contributed by atoms with E-state index in [-0.39, 0.29) is 23.9 Å². The van der Waals surface area contributed by atoms with Crippen molar-refractivity contribution in [1.29, 1.82) is 0 Å². The van der Waals surface area contributed by atoms with Crippen molar-refractivity contribution in [2.45, 2.75) is 76.8 Å². The van der Waals surface area contributed by atoms with Crippen LogP contribution in [0.25, 0.3) is 0 Å². The highest BCUT2D eigenvalue weighted by molar-refractivity contribution is 5.96. The predicted octanol–water partition coefficient (Wildman–Crippen LogP) is 2.47. The molecule has 1 heterocycles. The molecule has 3 aliphatic rings. The zero-order valence-corrected chi connectivity index (χ0v) is 13.1. The lowest BCUT2D eigenvalue weighted by Gasteiger charge is -2.43. The fourth-order valence-electron chi connectivity index (χ4n) is 4.48. The molecule has 2 unspecified atom stereocenters. The summed E-state index contributed by atoms with van der Waals surface area (Å²) in [4.78, 5) is 27.1. The average molecular weight is 292 g/mol. The van der Waals surface area contributed by atoms with Crippen LogP contribution in [0.5, 0.6) is 0 Å². The van der Waals surface area contributed by atoms with Gasteiger partial charge in [0.05, 0.1) is 0 Å². The minimum absolute atomic E-state index is 0.0898. The highest BCUT2D eigenvalue weighted by Gasteiger charge is 2.43. The number of carbonyl (C=O) groups is 2. The Balaban J connectivity index is 1.77. The molecule has 2 amide bonds. The van der Waals surface area contributed by atoms with E-state index in [9.17, 15) is 9.59 Å². The average Bonchev–Trinajstić information content (AvgIpc) is 2.98. The summed E-state index contributed by atoms with van der Waals surface area (Å²) < 4.78 is 0. The first-order chi connectivity index (χ1) is 10.2. The molecule has 4 nitrogen and oxygen atoms in total. The Morgan fingerprint density at radius 3 is 2.29 bits per heavy atom. The third-order valence-corrected chi connectivity index (χ3v) is 5.64. The molecule has 2 saturated carbocycles. The Morgan fingerprint density at radius 1 is 1.00 bits per heavy atom. The van der Waals surface area contributed by atoms with E-state index in [0.29, 0.717) is 11.8 Å². The molecule has 3 rings (SSSR count). The van der Waals surface area contributed by atoms with Crippen molar-refractivity contribution in [3.05, 3.63) is 0 Å². The fraction of sp³-hybridized carbons (Fsp3) is 0.882. The van der Waals surface area contributed by atoms with Crippen LogP contribution in [0.1, 0.15) is 64.7 Å². The summed E-state index contributed by atoms with van der Waals surface area (Å²) in [5, 5.41) is 2.90. The molecule has 0 bridgehead atoms. The third kappa shape index (κ3) is 3.09. The smallest absolute Gasteiger partial charge is 0.245 e. The van der Waals surface area contributed by atoms with Crippen molar-refractivity contribution in [2.75, 3.05) is 6.54 Å². The standard InChI is InChI=1S/C17H28N2O2/c1-12-17(21)19(11-13-7-5-6-8-13)15(16(20)18-12)14-9-3-2-4-10-14/h12-15H,2-11H2,1H3,(H,18,20). The van der Waals surface area contributed by atoms with Gasteiger partial charge in [-0.1, -0.05) is 32.1 Å². The second kappa shape index (κ2) is 6.37. The van der Waals surface area contributed by atoms with E-state index in [2.05, 4.69) is 5.32 Å². The Labute approximate surface area is 127 Å². The lowest BCUT2D eigenvalue weighted by Crippen LogP contribution is -2.65. The Hall–Kier alpha value is -1.06. The van der Waals surface area contributed by atoms with Gasteiger partial charge < -0.3 is 10.2 Å². The first-order valence-electron chi connectivity index (χ1n) is 8.77. The van der Waals surface area contributed by atoms with Crippen LogP contribution in [0.2, 0.25) is 0 Å². The van der Waals surface area contributed by atoms with E-state index in [1.165, 1.54) is 44.9 Å². The van der Waals surface area contributed by atoms with E-state index in [0.717, 1.165) is 19.4 Å². The van der Waals surface area contributed by atoms with Crippen LogP contribution in [0, 0.1) is 11.8 Å². The predicted molar refractivity (Wildman–Crippen MR) is 81.6 cm³/mol. The number of hydrogen-bond acceptors (Lipinski definition) is 2. The van der Waals surface area contributed by atoms with E-state index in [4.69, 9.17) is 0 Å². The summed E-state index contributed by atoms with van der Waals surface area (Å²) in [6, 6.07) is -0.548. The fourth-order valence-corrected chi connectivity index (χ4v) is 4.48. The zero-order valence-electron chi connectivity index (χ0n) is 13.1. The normalized spacial score (nSPS) is 32.5. The number of rotatable bonds is 3. The SMILES string of the molecule is CC1NC(=O)C(C2CCCCC2)N(CC2CCCC2)C1=O. The largest absolute Gasteiger partial charge is 0.343 e. The monoisotopic (exact) mass is 292 g/mol. The minimum atomic E-state index is -0.348. The van der Waals surface area contributed by atoms with E-state index >= 15 is 0 Å². The highest BCUT2D eigenvalue weighted by Crippen LogP contribution is 2.33. The Kier molecular flexibility index (Phi) is 4.51. The molecule has 0 aromatic heterocycles. The van der Waals surface area contributed by atoms with Gasteiger partial charge >= 0.3 is 0 Å². The van der Waals surface area contributed by atoms with Gasteiger partial charge in [0, 0.05) is 6.54 Å². The molecule has 4 heteroatoms. The molecule has 2 aliphatic carbocycles. The lowest BCUT2D eigenvalue weighted by molar-refractivity contribution is -0.152.